The van der Waals surface area contributed by atoms with E-state index in [0.29, 0.717) is 31.2 Å². The van der Waals surface area contributed by atoms with Gasteiger partial charge in [-0.15, -0.1) is 0 Å². The first-order valence-corrected chi connectivity index (χ1v) is 8.95. The van der Waals surface area contributed by atoms with Gasteiger partial charge in [-0.3, -0.25) is 4.90 Å². The Balaban J connectivity index is 1.74. The maximum atomic E-state index is 12.8. The molecule has 122 valence electrons. The number of rotatable bonds is 4. The largest absolute Gasteiger partial charge is 0.380 e. The summed E-state index contributed by atoms with van der Waals surface area (Å²) in [5.41, 5.74) is 0.965. The maximum absolute atomic E-state index is 12.8. The Morgan fingerprint density at radius 2 is 2.00 bits per heavy atom. The van der Waals surface area contributed by atoms with Gasteiger partial charge in [0.2, 0.25) is 10.0 Å². The Morgan fingerprint density at radius 3 is 2.73 bits per heavy atom. The second-order valence-electron chi connectivity index (χ2n) is 5.70. The zero-order chi connectivity index (χ0) is 15.6. The third-order valence-corrected chi connectivity index (χ3v) is 6.15. The highest BCUT2D eigenvalue weighted by atomic mass is 32.2. The van der Waals surface area contributed by atoms with E-state index in [9.17, 15) is 8.42 Å². The van der Waals surface area contributed by atoms with Gasteiger partial charge in [0, 0.05) is 39.3 Å². The highest BCUT2D eigenvalue weighted by molar-refractivity contribution is 7.89. The molecule has 2 heterocycles. The minimum absolute atomic E-state index is 0.171. The molecular formula is C15H22N2O4S. The lowest BCUT2D eigenvalue weighted by Gasteiger charge is -2.43. The van der Waals surface area contributed by atoms with Crippen molar-refractivity contribution in [1.29, 1.82) is 0 Å². The van der Waals surface area contributed by atoms with E-state index in [2.05, 4.69) is 4.90 Å². The van der Waals surface area contributed by atoms with Gasteiger partial charge < -0.3 is 9.47 Å². The van der Waals surface area contributed by atoms with E-state index in [1.165, 1.54) is 0 Å². The number of hydrogen-bond donors (Lipinski definition) is 0. The number of benzene rings is 1. The first-order chi connectivity index (χ1) is 10.6. The molecule has 2 aliphatic rings. The third-order valence-electron chi connectivity index (χ3n) is 4.27. The van der Waals surface area contributed by atoms with E-state index in [1.807, 2.05) is 0 Å². The molecule has 7 heteroatoms. The van der Waals surface area contributed by atoms with Crippen molar-refractivity contribution in [2.75, 3.05) is 46.5 Å². The van der Waals surface area contributed by atoms with Crippen LogP contribution in [0.5, 0.6) is 0 Å². The fourth-order valence-corrected chi connectivity index (χ4v) is 4.48. The predicted octanol–water partition coefficient (Wildman–Crippen LogP) is 0.538. The molecule has 2 fully saturated rings. The van der Waals surface area contributed by atoms with Gasteiger partial charge in [-0.25, -0.2) is 8.42 Å². The number of fused-ring (bicyclic) bond motifs is 1. The monoisotopic (exact) mass is 326 g/mol. The van der Waals surface area contributed by atoms with Gasteiger partial charge in [0.05, 0.1) is 24.7 Å². The summed E-state index contributed by atoms with van der Waals surface area (Å²) in [5, 5.41) is 0. The van der Waals surface area contributed by atoms with Crippen molar-refractivity contribution in [1.82, 2.24) is 9.21 Å². The van der Waals surface area contributed by atoms with E-state index < -0.39 is 10.0 Å². The summed E-state index contributed by atoms with van der Waals surface area (Å²) in [6.45, 7) is 4.54. The predicted molar refractivity (Wildman–Crippen MR) is 82.1 cm³/mol. The van der Waals surface area contributed by atoms with E-state index >= 15 is 0 Å². The number of methoxy groups -OCH3 is 1. The summed E-state index contributed by atoms with van der Waals surface area (Å²) in [5.74, 6) is 0. The van der Waals surface area contributed by atoms with E-state index in [1.54, 1.807) is 35.7 Å². The van der Waals surface area contributed by atoms with Crippen LogP contribution in [-0.2, 0) is 26.1 Å². The second kappa shape index (κ2) is 6.64. The lowest BCUT2D eigenvalue weighted by atomic mass is 10.2. The number of hydrogen-bond acceptors (Lipinski definition) is 5. The molecule has 0 N–H and O–H groups in total. The van der Waals surface area contributed by atoms with Crippen LogP contribution in [0.15, 0.2) is 29.2 Å². The van der Waals surface area contributed by atoms with Crippen LogP contribution in [0.2, 0.25) is 0 Å². The molecule has 0 bridgehead atoms. The Labute approximate surface area is 131 Å². The standard InChI is InChI=1S/C15H22N2O4S/c1-20-11-13-2-4-15(5-3-13)22(18,19)17-7-6-16-8-9-21-12-14(16)10-17/h2-5,14H,6-12H2,1H3. The fourth-order valence-electron chi connectivity index (χ4n) is 3.01. The summed E-state index contributed by atoms with van der Waals surface area (Å²) in [4.78, 5) is 2.66. The molecule has 0 aromatic heterocycles. The Morgan fingerprint density at radius 1 is 1.23 bits per heavy atom. The van der Waals surface area contributed by atoms with Crippen molar-refractivity contribution >= 4 is 10.0 Å². The minimum Gasteiger partial charge on any atom is -0.380 e. The van der Waals surface area contributed by atoms with Gasteiger partial charge in [-0.05, 0) is 17.7 Å². The van der Waals surface area contributed by atoms with E-state index in [4.69, 9.17) is 9.47 Å². The van der Waals surface area contributed by atoms with Gasteiger partial charge >= 0.3 is 0 Å². The van der Waals surface area contributed by atoms with Gasteiger partial charge in [-0.2, -0.15) is 4.31 Å². The molecule has 1 aromatic carbocycles. The van der Waals surface area contributed by atoms with Crippen LogP contribution in [0.1, 0.15) is 5.56 Å². The van der Waals surface area contributed by atoms with E-state index in [0.717, 1.165) is 25.3 Å². The molecule has 0 radical (unpaired) electrons. The van der Waals surface area contributed by atoms with Crippen LogP contribution in [0.4, 0.5) is 0 Å². The fraction of sp³-hybridized carbons (Fsp3) is 0.600. The smallest absolute Gasteiger partial charge is 0.243 e. The van der Waals surface area contributed by atoms with Gasteiger partial charge in [-0.1, -0.05) is 12.1 Å². The molecule has 0 aliphatic carbocycles. The van der Waals surface area contributed by atoms with Crippen molar-refractivity contribution < 1.29 is 17.9 Å². The normalized spacial score (nSPS) is 24.1. The zero-order valence-electron chi connectivity index (χ0n) is 12.8. The molecule has 22 heavy (non-hydrogen) atoms. The first kappa shape index (κ1) is 15.9. The summed E-state index contributed by atoms with van der Waals surface area (Å²) < 4.78 is 37.6. The molecule has 0 spiro atoms. The highest BCUT2D eigenvalue weighted by Crippen LogP contribution is 2.22. The molecule has 0 saturated carbocycles. The lowest BCUT2D eigenvalue weighted by molar-refractivity contribution is -0.0304. The second-order valence-corrected chi connectivity index (χ2v) is 7.64. The maximum Gasteiger partial charge on any atom is 0.243 e. The Kier molecular flexibility index (Phi) is 4.79. The average Bonchev–Trinajstić information content (AvgIpc) is 2.55. The molecule has 1 aromatic rings. The van der Waals surface area contributed by atoms with Gasteiger partial charge in [0.15, 0.2) is 0 Å². The molecule has 2 saturated heterocycles. The van der Waals surface area contributed by atoms with Crippen LogP contribution in [0, 0.1) is 0 Å². The van der Waals surface area contributed by atoms with Crippen LogP contribution < -0.4 is 0 Å². The van der Waals surface area contributed by atoms with E-state index in [-0.39, 0.29) is 6.04 Å². The number of morpholine rings is 1. The van der Waals surface area contributed by atoms with Crippen molar-refractivity contribution in [3.8, 4) is 0 Å². The van der Waals surface area contributed by atoms with Gasteiger partial charge in [0.25, 0.3) is 0 Å². The molecule has 1 unspecified atom stereocenters. The number of ether oxygens (including phenoxy) is 2. The Hall–Kier alpha value is -0.990. The summed E-state index contributed by atoms with van der Waals surface area (Å²) in [6.07, 6.45) is 0. The first-order valence-electron chi connectivity index (χ1n) is 7.51. The van der Waals surface area contributed by atoms with Crippen molar-refractivity contribution in [2.24, 2.45) is 0 Å². The van der Waals surface area contributed by atoms with Crippen LogP contribution >= 0.6 is 0 Å². The zero-order valence-corrected chi connectivity index (χ0v) is 13.6. The molecule has 0 amide bonds. The molecule has 1 atom stereocenters. The number of piperazine rings is 1. The summed E-state index contributed by atoms with van der Waals surface area (Å²) >= 11 is 0. The molecule has 6 nitrogen and oxygen atoms in total. The van der Waals surface area contributed by atoms with Crippen molar-refractivity contribution in [2.45, 2.75) is 17.5 Å². The van der Waals surface area contributed by atoms with Crippen LogP contribution in [-0.4, -0.2) is 70.2 Å². The molecule has 2 aliphatic heterocycles. The SMILES string of the molecule is COCc1ccc(S(=O)(=O)N2CCN3CCOCC3C2)cc1. The van der Waals surface area contributed by atoms with Crippen molar-refractivity contribution in [3.63, 3.8) is 0 Å². The Bertz CT molecular complexity index is 602. The lowest BCUT2D eigenvalue weighted by Crippen LogP contribution is -2.58. The number of sulfonamides is 1. The van der Waals surface area contributed by atoms with Crippen LogP contribution in [0.25, 0.3) is 0 Å². The minimum atomic E-state index is -3.43. The summed E-state index contributed by atoms with van der Waals surface area (Å²) in [6, 6.07) is 7.10. The average molecular weight is 326 g/mol. The third kappa shape index (κ3) is 3.18. The topological polar surface area (TPSA) is 59.1 Å². The number of nitrogens with zero attached hydrogens (tertiary/aromatic N) is 2. The quantitative estimate of drug-likeness (QED) is 0.808. The summed E-state index contributed by atoms with van der Waals surface area (Å²) in [7, 11) is -1.81. The molecular weight excluding hydrogens is 304 g/mol. The van der Waals surface area contributed by atoms with Crippen LogP contribution in [0.3, 0.4) is 0 Å². The van der Waals surface area contributed by atoms with Crippen molar-refractivity contribution in [3.05, 3.63) is 29.8 Å². The molecule has 3 rings (SSSR count). The highest BCUT2D eigenvalue weighted by Gasteiger charge is 2.35. The van der Waals surface area contributed by atoms with Gasteiger partial charge in [0.1, 0.15) is 0 Å².